The van der Waals surface area contributed by atoms with Crippen molar-refractivity contribution in [3.8, 4) is 11.3 Å². The van der Waals surface area contributed by atoms with Crippen LogP contribution in [0.5, 0.6) is 0 Å². The molecule has 0 N–H and O–H groups in total. The molecule has 3 aromatic rings. The Hall–Kier alpha value is -2.76. The van der Waals surface area contributed by atoms with E-state index >= 15 is 0 Å². The average Bonchev–Trinajstić information content (AvgIpc) is 3.17. The molecule has 4 rings (SSSR count). The normalized spacial score (nSPS) is 15.6. The fourth-order valence-electron chi connectivity index (χ4n) is 3.12. The highest BCUT2D eigenvalue weighted by Crippen LogP contribution is 2.25. The van der Waals surface area contributed by atoms with Gasteiger partial charge in [-0.2, -0.15) is 5.10 Å². The van der Waals surface area contributed by atoms with Crippen molar-refractivity contribution >= 4 is 5.82 Å². The van der Waals surface area contributed by atoms with Gasteiger partial charge in [-0.05, 0) is 55.3 Å². The zero-order valence-corrected chi connectivity index (χ0v) is 13.2. The average molecular weight is 323 g/mol. The van der Waals surface area contributed by atoms with Crippen LogP contribution in [0.25, 0.3) is 11.3 Å². The van der Waals surface area contributed by atoms with Crippen LogP contribution in [0.15, 0.2) is 54.9 Å². The van der Waals surface area contributed by atoms with Gasteiger partial charge in [0.1, 0.15) is 5.82 Å². The molecule has 0 saturated carbocycles. The van der Waals surface area contributed by atoms with Gasteiger partial charge in [0.15, 0.2) is 5.82 Å². The summed E-state index contributed by atoms with van der Waals surface area (Å²) in [5.74, 6) is 0.642. The highest BCUT2D eigenvalue weighted by atomic mass is 19.1. The maximum atomic E-state index is 13.0. The molecule has 122 valence electrons. The van der Waals surface area contributed by atoms with E-state index < -0.39 is 0 Å². The van der Waals surface area contributed by atoms with Gasteiger partial charge in [0.2, 0.25) is 0 Å². The summed E-state index contributed by atoms with van der Waals surface area (Å²) in [5.41, 5.74) is 1.62. The van der Waals surface area contributed by atoms with E-state index in [0.717, 1.165) is 43.0 Å². The lowest BCUT2D eigenvalue weighted by molar-refractivity contribution is 0.365. The van der Waals surface area contributed by atoms with E-state index in [2.05, 4.69) is 20.2 Å². The quantitative estimate of drug-likeness (QED) is 0.742. The van der Waals surface area contributed by atoms with Gasteiger partial charge in [0.05, 0.1) is 11.7 Å². The second-order valence-corrected chi connectivity index (χ2v) is 5.99. The molecule has 1 aromatic carbocycles. The van der Waals surface area contributed by atoms with Crippen LogP contribution < -0.4 is 4.90 Å². The lowest BCUT2D eigenvalue weighted by Crippen LogP contribution is -2.35. The minimum Gasteiger partial charge on any atom is -0.355 e. The van der Waals surface area contributed by atoms with E-state index in [1.165, 1.54) is 12.1 Å². The molecule has 5 nitrogen and oxygen atoms in total. The largest absolute Gasteiger partial charge is 0.355 e. The van der Waals surface area contributed by atoms with Gasteiger partial charge in [-0.1, -0.05) is 0 Å². The molecule has 0 unspecified atom stereocenters. The van der Waals surface area contributed by atoms with Gasteiger partial charge in [0, 0.05) is 31.0 Å². The second-order valence-electron chi connectivity index (χ2n) is 5.99. The Morgan fingerprint density at radius 3 is 2.38 bits per heavy atom. The predicted molar refractivity (Wildman–Crippen MR) is 90.1 cm³/mol. The minimum absolute atomic E-state index is 0.247. The van der Waals surface area contributed by atoms with Gasteiger partial charge in [0.25, 0.3) is 0 Å². The first kappa shape index (κ1) is 14.8. The van der Waals surface area contributed by atoms with Gasteiger partial charge in [-0.25, -0.2) is 4.39 Å². The summed E-state index contributed by atoms with van der Waals surface area (Å²) in [5, 5.41) is 13.0. The number of anilines is 1. The van der Waals surface area contributed by atoms with Crippen LogP contribution in [0.1, 0.15) is 18.9 Å². The molecular weight excluding hydrogens is 305 g/mol. The highest BCUT2D eigenvalue weighted by molar-refractivity contribution is 5.59. The number of nitrogens with zero attached hydrogens (tertiary/aromatic N) is 5. The Morgan fingerprint density at radius 2 is 1.75 bits per heavy atom. The molecule has 0 spiro atoms. The number of hydrogen-bond donors (Lipinski definition) is 0. The van der Waals surface area contributed by atoms with Crippen LogP contribution >= 0.6 is 0 Å². The molecule has 1 aliphatic heterocycles. The summed E-state index contributed by atoms with van der Waals surface area (Å²) >= 11 is 0. The number of halogens is 1. The Morgan fingerprint density at radius 1 is 0.958 bits per heavy atom. The van der Waals surface area contributed by atoms with E-state index in [4.69, 9.17) is 0 Å². The minimum atomic E-state index is -0.247. The molecule has 1 aliphatic rings. The van der Waals surface area contributed by atoms with Crippen molar-refractivity contribution in [1.29, 1.82) is 0 Å². The zero-order chi connectivity index (χ0) is 16.4. The van der Waals surface area contributed by atoms with Crippen LogP contribution in [0.4, 0.5) is 10.2 Å². The summed E-state index contributed by atoms with van der Waals surface area (Å²) < 4.78 is 15.0. The van der Waals surface area contributed by atoms with Crippen molar-refractivity contribution in [2.75, 3.05) is 18.0 Å². The first-order valence-electron chi connectivity index (χ1n) is 8.13. The molecule has 6 heteroatoms. The predicted octanol–water partition coefficient (Wildman–Crippen LogP) is 3.32. The van der Waals surface area contributed by atoms with Crippen molar-refractivity contribution in [2.24, 2.45) is 0 Å². The third-order valence-electron chi connectivity index (χ3n) is 4.48. The van der Waals surface area contributed by atoms with Crippen LogP contribution in [-0.2, 0) is 0 Å². The van der Waals surface area contributed by atoms with E-state index in [1.54, 1.807) is 12.1 Å². The van der Waals surface area contributed by atoms with Crippen molar-refractivity contribution in [3.63, 3.8) is 0 Å². The molecule has 2 aromatic heterocycles. The highest BCUT2D eigenvalue weighted by Gasteiger charge is 2.21. The van der Waals surface area contributed by atoms with Crippen LogP contribution in [-0.4, -0.2) is 33.1 Å². The molecular formula is C18H18FN5. The summed E-state index contributed by atoms with van der Waals surface area (Å²) in [6.07, 6.45) is 5.94. The molecule has 1 fully saturated rings. The maximum absolute atomic E-state index is 13.0. The Labute approximate surface area is 139 Å². The van der Waals surface area contributed by atoms with E-state index in [0.29, 0.717) is 6.04 Å². The van der Waals surface area contributed by atoms with E-state index in [1.807, 2.05) is 35.3 Å². The van der Waals surface area contributed by atoms with Crippen LogP contribution in [0, 0.1) is 5.82 Å². The Kier molecular flexibility index (Phi) is 3.94. The number of aromatic nitrogens is 4. The van der Waals surface area contributed by atoms with Gasteiger partial charge >= 0.3 is 0 Å². The molecule has 0 aliphatic carbocycles. The number of piperidine rings is 1. The Bertz CT molecular complexity index is 775. The fraction of sp³-hybridized carbons (Fsp3) is 0.278. The van der Waals surface area contributed by atoms with E-state index in [9.17, 15) is 4.39 Å². The van der Waals surface area contributed by atoms with Gasteiger partial charge in [-0.3, -0.25) is 4.68 Å². The molecule has 0 atom stereocenters. The second kappa shape index (κ2) is 6.39. The smallest absolute Gasteiger partial charge is 0.151 e. The topological polar surface area (TPSA) is 46.8 Å². The van der Waals surface area contributed by atoms with Gasteiger partial charge < -0.3 is 4.90 Å². The molecule has 24 heavy (non-hydrogen) atoms. The SMILES string of the molecule is Fc1ccc(-c2ccc(N3CCC(n4cccn4)CC3)nn2)cc1. The van der Waals surface area contributed by atoms with E-state index in [-0.39, 0.29) is 5.82 Å². The van der Waals surface area contributed by atoms with Crippen molar-refractivity contribution in [2.45, 2.75) is 18.9 Å². The summed E-state index contributed by atoms with van der Waals surface area (Å²) in [4.78, 5) is 2.25. The monoisotopic (exact) mass is 323 g/mol. The third kappa shape index (κ3) is 2.99. The van der Waals surface area contributed by atoms with Gasteiger partial charge in [-0.15, -0.1) is 10.2 Å². The Balaban J connectivity index is 1.43. The number of hydrogen-bond acceptors (Lipinski definition) is 4. The maximum Gasteiger partial charge on any atom is 0.151 e. The lowest BCUT2D eigenvalue weighted by Gasteiger charge is -2.32. The molecule has 0 radical (unpaired) electrons. The van der Waals surface area contributed by atoms with Crippen molar-refractivity contribution in [1.82, 2.24) is 20.0 Å². The number of rotatable bonds is 3. The molecule has 0 bridgehead atoms. The standard InChI is InChI=1S/C18H18FN5/c19-15-4-2-14(3-5-15)17-6-7-18(22-21-17)23-12-8-16(9-13-23)24-11-1-10-20-24/h1-7,10-11,16H,8-9,12-13H2. The van der Waals surface area contributed by atoms with Crippen LogP contribution in [0.3, 0.4) is 0 Å². The third-order valence-corrected chi connectivity index (χ3v) is 4.48. The summed E-state index contributed by atoms with van der Waals surface area (Å²) in [6.45, 7) is 1.88. The van der Waals surface area contributed by atoms with Crippen molar-refractivity contribution < 1.29 is 4.39 Å². The summed E-state index contributed by atoms with van der Waals surface area (Å²) in [7, 11) is 0. The first-order valence-corrected chi connectivity index (χ1v) is 8.13. The first-order chi connectivity index (χ1) is 11.8. The zero-order valence-electron chi connectivity index (χ0n) is 13.2. The molecule has 3 heterocycles. The molecule has 1 saturated heterocycles. The molecule has 0 amide bonds. The van der Waals surface area contributed by atoms with Crippen LogP contribution in [0.2, 0.25) is 0 Å². The summed E-state index contributed by atoms with van der Waals surface area (Å²) in [6, 6.07) is 12.7. The number of benzene rings is 1. The fourth-order valence-corrected chi connectivity index (χ4v) is 3.12. The van der Waals surface area contributed by atoms with Crippen molar-refractivity contribution in [3.05, 3.63) is 60.7 Å². The lowest BCUT2D eigenvalue weighted by atomic mass is 10.1.